The van der Waals surface area contributed by atoms with Crippen molar-refractivity contribution >= 4 is 43.2 Å². The van der Waals surface area contributed by atoms with E-state index in [4.69, 9.17) is 17.3 Å². The summed E-state index contributed by atoms with van der Waals surface area (Å²) in [6.07, 6.45) is 0. The molecule has 0 spiro atoms. The third-order valence-electron chi connectivity index (χ3n) is 3.01. The lowest BCUT2D eigenvalue weighted by molar-refractivity contribution is 0.466. The van der Waals surface area contributed by atoms with Gasteiger partial charge in [-0.05, 0) is 29.8 Å². The smallest absolute Gasteiger partial charge is 0.245 e. The highest BCUT2D eigenvalue weighted by Crippen LogP contribution is 2.27. The minimum absolute atomic E-state index is 0.0181. The van der Waals surface area contributed by atoms with E-state index in [-0.39, 0.29) is 17.1 Å². The third kappa shape index (κ3) is 3.58. The lowest BCUT2D eigenvalue weighted by Gasteiger charge is -2.19. The Hall–Kier alpha value is -1.08. The summed E-state index contributed by atoms with van der Waals surface area (Å²) in [6.45, 7) is 0.232. The van der Waals surface area contributed by atoms with E-state index in [0.717, 1.165) is 10.0 Å². The fraction of sp³-hybridized carbons (Fsp3) is 0.143. The van der Waals surface area contributed by atoms with Crippen LogP contribution in [0.3, 0.4) is 0 Å². The van der Waals surface area contributed by atoms with E-state index < -0.39 is 10.0 Å². The van der Waals surface area contributed by atoms with Gasteiger partial charge >= 0.3 is 0 Å². The molecule has 0 aromatic heterocycles. The summed E-state index contributed by atoms with van der Waals surface area (Å²) < 4.78 is 27.3. The molecule has 21 heavy (non-hydrogen) atoms. The summed E-state index contributed by atoms with van der Waals surface area (Å²) in [5.41, 5.74) is 6.81. The Morgan fingerprint density at radius 1 is 1.24 bits per heavy atom. The average Bonchev–Trinajstić information content (AvgIpc) is 2.43. The van der Waals surface area contributed by atoms with Crippen LogP contribution in [-0.4, -0.2) is 19.8 Å². The number of nitrogens with two attached hydrogens (primary N) is 1. The maximum atomic E-state index is 12.6. The monoisotopic (exact) mass is 388 g/mol. The molecule has 2 rings (SSSR count). The Labute approximate surface area is 137 Å². The van der Waals surface area contributed by atoms with Crippen molar-refractivity contribution in [2.75, 3.05) is 12.8 Å². The fourth-order valence-electron chi connectivity index (χ4n) is 1.85. The zero-order chi connectivity index (χ0) is 15.6. The van der Waals surface area contributed by atoms with Gasteiger partial charge < -0.3 is 5.73 Å². The van der Waals surface area contributed by atoms with Crippen LogP contribution in [0, 0.1) is 0 Å². The predicted molar refractivity (Wildman–Crippen MR) is 88.7 cm³/mol. The molecule has 0 atom stereocenters. The number of nitrogen functional groups attached to an aromatic ring is 1. The maximum Gasteiger partial charge on any atom is 0.245 e. The highest BCUT2D eigenvalue weighted by Gasteiger charge is 2.24. The van der Waals surface area contributed by atoms with Gasteiger partial charge in [0.1, 0.15) is 4.90 Å². The van der Waals surface area contributed by atoms with E-state index in [1.807, 2.05) is 24.3 Å². The Kier molecular flexibility index (Phi) is 4.93. The predicted octanol–water partition coefficient (Wildman–Crippen LogP) is 3.51. The first kappa shape index (κ1) is 16.3. The van der Waals surface area contributed by atoms with Crippen LogP contribution in [0.4, 0.5) is 5.69 Å². The molecule has 0 saturated carbocycles. The Morgan fingerprint density at radius 3 is 2.57 bits per heavy atom. The summed E-state index contributed by atoms with van der Waals surface area (Å²) in [5, 5.41) is 0.331. The van der Waals surface area contributed by atoms with Gasteiger partial charge in [-0.2, -0.15) is 4.31 Å². The summed E-state index contributed by atoms with van der Waals surface area (Å²) >= 11 is 9.27. The normalized spacial score (nSPS) is 11.8. The standard InChI is InChI=1S/C14H14BrClN2O2S/c1-18(9-10-4-2-3-5-12(10)15)21(19,20)14-8-11(16)6-7-13(14)17/h2-8H,9,17H2,1H3. The second-order valence-electron chi connectivity index (χ2n) is 4.53. The van der Waals surface area contributed by atoms with Gasteiger partial charge in [0.15, 0.2) is 0 Å². The number of anilines is 1. The van der Waals surface area contributed by atoms with Gasteiger partial charge in [0.25, 0.3) is 0 Å². The highest BCUT2D eigenvalue weighted by atomic mass is 79.9. The van der Waals surface area contributed by atoms with Gasteiger partial charge in [0, 0.05) is 23.1 Å². The molecule has 4 nitrogen and oxygen atoms in total. The van der Waals surface area contributed by atoms with Crippen LogP contribution in [0.5, 0.6) is 0 Å². The Morgan fingerprint density at radius 2 is 1.90 bits per heavy atom. The minimum Gasteiger partial charge on any atom is -0.398 e. The summed E-state index contributed by atoms with van der Waals surface area (Å²) in [4.78, 5) is 0.0181. The third-order valence-corrected chi connectivity index (χ3v) is 5.88. The molecule has 0 heterocycles. The van der Waals surface area contributed by atoms with Crippen molar-refractivity contribution in [2.45, 2.75) is 11.4 Å². The van der Waals surface area contributed by atoms with Gasteiger partial charge in [-0.25, -0.2) is 8.42 Å². The van der Waals surface area contributed by atoms with E-state index >= 15 is 0 Å². The van der Waals surface area contributed by atoms with Gasteiger partial charge in [0.05, 0.1) is 5.69 Å². The van der Waals surface area contributed by atoms with Crippen molar-refractivity contribution in [3.63, 3.8) is 0 Å². The van der Waals surface area contributed by atoms with Crippen molar-refractivity contribution in [2.24, 2.45) is 0 Å². The molecule has 0 fully saturated rings. The van der Waals surface area contributed by atoms with Gasteiger partial charge in [-0.3, -0.25) is 0 Å². The van der Waals surface area contributed by atoms with Crippen molar-refractivity contribution < 1.29 is 8.42 Å². The van der Waals surface area contributed by atoms with Crippen molar-refractivity contribution in [1.29, 1.82) is 0 Å². The Bertz CT molecular complexity index is 765. The van der Waals surface area contributed by atoms with Crippen LogP contribution >= 0.6 is 27.5 Å². The molecule has 2 aromatic carbocycles. The number of benzene rings is 2. The molecule has 112 valence electrons. The molecule has 0 unspecified atom stereocenters. The second kappa shape index (κ2) is 6.36. The molecule has 2 N–H and O–H groups in total. The van der Waals surface area contributed by atoms with E-state index in [2.05, 4.69) is 15.9 Å². The first-order valence-electron chi connectivity index (χ1n) is 6.07. The molecule has 0 saturated heterocycles. The number of hydrogen-bond acceptors (Lipinski definition) is 3. The van der Waals surface area contributed by atoms with Crippen molar-refractivity contribution in [3.05, 3.63) is 57.5 Å². The topological polar surface area (TPSA) is 63.4 Å². The van der Waals surface area contributed by atoms with Crippen LogP contribution < -0.4 is 5.73 Å². The van der Waals surface area contributed by atoms with E-state index in [1.165, 1.54) is 23.5 Å². The average molecular weight is 390 g/mol. The number of nitrogens with zero attached hydrogens (tertiary/aromatic N) is 1. The van der Waals surface area contributed by atoms with Gasteiger partial charge in [-0.1, -0.05) is 45.7 Å². The number of sulfonamides is 1. The van der Waals surface area contributed by atoms with Crippen LogP contribution in [-0.2, 0) is 16.6 Å². The summed E-state index contributed by atoms with van der Waals surface area (Å²) in [6, 6.07) is 11.9. The van der Waals surface area contributed by atoms with Crippen LogP contribution in [0.15, 0.2) is 51.8 Å². The summed E-state index contributed by atoms with van der Waals surface area (Å²) in [5.74, 6) is 0. The van der Waals surface area contributed by atoms with Crippen LogP contribution in [0.25, 0.3) is 0 Å². The Balaban J connectivity index is 2.35. The van der Waals surface area contributed by atoms with Crippen molar-refractivity contribution in [1.82, 2.24) is 4.31 Å². The molecule has 2 aromatic rings. The number of rotatable bonds is 4. The molecule has 0 aliphatic carbocycles. The SMILES string of the molecule is CN(Cc1ccccc1Br)S(=O)(=O)c1cc(Cl)ccc1N. The quantitative estimate of drug-likeness (QED) is 0.814. The zero-order valence-electron chi connectivity index (χ0n) is 11.3. The first-order valence-corrected chi connectivity index (χ1v) is 8.68. The number of hydrogen-bond donors (Lipinski definition) is 1. The summed E-state index contributed by atoms with van der Waals surface area (Å²) in [7, 11) is -2.20. The van der Waals surface area contributed by atoms with Gasteiger partial charge in [0.2, 0.25) is 10.0 Å². The largest absolute Gasteiger partial charge is 0.398 e. The van der Waals surface area contributed by atoms with E-state index in [0.29, 0.717) is 5.02 Å². The second-order valence-corrected chi connectivity index (χ2v) is 7.84. The molecule has 0 aliphatic heterocycles. The molecule has 0 bridgehead atoms. The highest BCUT2D eigenvalue weighted by molar-refractivity contribution is 9.10. The molecular weight excluding hydrogens is 376 g/mol. The fourth-order valence-corrected chi connectivity index (χ4v) is 3.78. The molecule has 0 amide bonds. The molecule has 0 aliphatic rings. The van der Waals surface area contributed by atoms with Gasteiger partial charge in [-0.15, -0.1) is 0 Å². The van der Waals surface area contributed by atoms with Crippen molar-refractivity contribution in [3.8, 4) is 0 Å². The maximum absolute atomic E-state index is 12.6. The molecule has 0 radical (unpaired) electrons. The number of halogens is 2. The first-order chi connectivity index (χ1) is 9.82. The lowest BCUT2D eigenvalue weighted by atomic mass is 10.2. The lowest BCUT2D eigenvalue weighted by Crippen LogP contribution is -2.27. The van der Waals surface area contributed by atoms with Crippen LogP contribution in [0.2, 0.25) is 5.02 Å². The van der Waals surface area contributed by atoms with Crippen LogP contribution in [0.1, 0.15) is 5.56 Å². The molecular formula is C14H14BrClN2O2S. The van der Waals surface area contributed by atoms with E-state index in [1.54, 1.807) is 6.07 Å². The van der Waals surface area contributed by atoms with E-state index in [9.17, 15) is 8.42 Å². The minimum atomic E-state index is -3.70. The molecule has 7 heteroatoms. The zero-order valence-corrected chi connectivity index (χ0v) is 14.4.